The molecule has 0 aliphatic rings. The predicted molar refractivity (Wildman–Crippen MR) is 76.1 cm³/mol. The van der Waals surface area contributed by atoms with Gasteiger partial charge in [0.25, 0.3) is 0 Å². The van der Waals surface area contributed by atoms with E-state index in [1.165, 1.54) is 13.0 Å². The number of amides is 1. The van der Waals surface area contributed by atoms with E-state index in [1.807, 2.05) is 0 Å². The third kappa shape index (κ3) is 5.77. The topological polar surface area (TPSA) is 86.6 Å². The summed E-state index contributed by atoms with van der Waals surface area (Å²) in [4.78, 5) is 22.2. The number of hydrogen-bond acceptors (Lipinski definition) is 3. The Balaban J connectivity index is 2.54. The van der Waals surface area contributed by atoms with Crippen molar-refractivity contribution in [2.24, 2.45) is 0 Å². The zero-order valence-electron chi connectivity index (χ0n) is 10.8. The molecule has 5 nitrogen and oxygen atoms in total. The van der Waals surface area contributed by atoms with Crippen molar-refractivity contribution in [1.29, 1.82) is 0 Å². The highest BCUT2D eigenvalue weighted by molar-refractivity contribution is 6.35. The Labute approximate surface area is 126 Å². The lowest BCUT2D eigenvalue weighted by molar-refractivity contribution is -0.142. The van der Waals surface area contributed by atoms with Crippen LogP contribution in [0.3, 0.4) is 0 Å². The Kier molecular flexibility index (Phi) is 5.80. The molecule has 0 spiro atoms. The van der Waals surface area contributed by atoms with Gasteiger partial charge in [0.1, 0.15) is 0 Å². The van der Waals surface area contributed by atoms with Crippen molar-refractivity contribution in [3.8, 4) is 0 Å². The molecule has 20 heavy (non-hydrogen) atoms. The quantitative estimate of drug-likeness (QED) is 0.747. The number of aliphatic carboxylic acids is 1. The zero-order valence-corrected chi connectivity index (χ0v) is 12.3. The molecule has 1 aromatic carbocycles. The standard InChI is InChI=1S/C13H15Cl2NO4/c1-13(20,6-12(18)19)7-16-11(17)4-8-2-3-9(14)5-10(8)15/h2-3,5,20H,4,6-7H2,1H3,(H,16,17)(H,18,19). The summed E-state index contributed by atoms with van der Waals surface area (Å²) in [5.74, 6) is -1.50. The monoisotopic (exact) mass is 319 g/mol. The van der Waals surface area contributed by atoms with E-state index in [1.54, 1.807) is 12.1 Å². The highest BCUT2D eigenvalue weighted by atomic mass is 35.5. The van der Waals surface area contributed by atoms with E-state index in [9.17, 15) is 14.7 Å². The molecule has 1 aromatic rings. The first-order chi connectivity index (χ1) is 9.19. The summed E-state index contributed by atoms with van der Waals surface area (Å²) in [6.45, 7) is 1.19. The van der Waals surface area contributed by atoms with Crippen LogP contribution in [0.2, 0.25) is 10.0 Å². The Morgan fingerprint density at radius 2 is 2.00 bits per heavy atom. The van der Waals surface area contributed by atoms with E-state index < -0.39 is 18.0 Å². The average Bonchev–Trinajstić information content (AvgIpc) is 2.29. The molecule has 0 aromatic heterocycles. The van der Waals surface area contributed by atoms with Gasteiger partial charge in [-0.15, -0.1) is 0 Å². The van der Waals surface area contributed by atoms with Crippen molar-refractivity contribution in [1.82, 2.24) is 5.32 Å². The molecule has 1 unspecified atom stereocenters. The minimum absolute atomic E-state index is 0.0269. The third-order valence-corrected chi connectivity index (χ3v) is 3.15. The number of carboxylic acids is 1. The molecule has 3 N–H and O–H groups in total. The second kappa shape index (κ2) is 6.92. The number of carboxylic acid groups (broad SMARTS) is 1. The zero-order chi connectivity index (χ0) is 15.3. The van der Waals surface area contributed by atoms with Gasteiger partial charge in [-0.3, -0.25) is 9.59 Å². The van der Waals surface area contributed by atoms with Crippen LogP contribution in [-0.2, 0) is 16.0 Å². The maximum absolute atomic E-state index is 11.7. The normalized spacial score (nSPS) is 13.6. The van der Waals surface area contributed by atoms with Crippen LogP contribution in [0.25, 0.3) is 0 Å². The molecule has 0 heterocycles. The van der Waals surface area contributed by atoms with Crippen LogP contribution in [0, 0.1) is 0 Å². The molecule has 0 fully saturated rings. The van der Waals surface area contributed by atoms with Crippen LogP contribution in [0.15, 0.2) is 18.2 Å². The van der Waals surface area contributed by atoms with Crippen LogP contribution in [0.5, 0.6) is 0 Å². The van der Waals surface area contributed by atoms with Crippen molar-refractivity contribution in [3.63, 3.8) is 0 Å². The van der Waals surface area contributed by atoms with Crippen molar-refractivity contribution in [3.05, 3.63) is 33.8 Å². The molecule has 0 bridgehead atoms. The minimum atomic E-state index is -1.49. The van der Waals surface area contributed by atoms with Gasteiger partial charge in [0.05, 0.1) is 18.4 Å². The Bertz CT molecular complexity index is 517. The highest BCUT2D eigenvalue weighted by Crippen LogP contribution is 2.21. The van der Waals surface area contributed by atoms with Crippen molar-refractivity contribution >= 4 is 35.1 Å². The van der Waals surface area contributed by atoms with Gasteiger partial charge >= 0.3 is 5.97 Å². The van der Waals surface area contributed by atoms with E-state index >= 15 is 0 Å². The summed E-state index contributed by atoms with van der Waals surface area (Å²) in [5.41, 5.74) is -0.892. The van der Waals surface area contributed by atoms with Gasteiger partial charge in [-0.2, -0.15) is 0 Å². The third-order valence-electron chi connectivity index (χ3n) is 2.56. The molecular weight excluding hydrogens is 305 g/mol. The summed E-state index contributed by atoms with van der Waals surface area (Å²) in [6.07, 6.45) is -0.422. The largest absolute Gasteiger partial charge is 0.481 e. The smallest absolute Gasteiger partial charge is 0.306 e. The fourth-order valence-electron chi connectivity index (χ4n) is 1.58. The molecule has 1 rings (SSSR count). The lowest BCUT2D eigenvalue weighted by Gasteiger charge is -2.21. The number of aliphatic hydroxyl groups is 1. The van der Waals surface area contributed by atoms with Crippen molar-refractivity contribution in [2.75, 3.05) is 6.54 Å². The predicted octanol–water partition coefficient (Wildman–Crippen LogP) is 1.88. The lowest BCUT2D eigenvalue weighted by Crippen LogP contribution is -2.42. The molecular formula is C13H15Cl2NO4. The Morgan fingerprint density at radius 1 is 1.35 bits per heavy atom. The van der Waals surface area contributed by atoms with E-state index in [0.29, 0.717) is 15.6 Å². The molecule has 1 atom stereocenters. The second-order valence-electron chi connectivity index (χ2n) is 4.76. The van der Waals surface area contributed by atoms with E-state index in [-0.39, 0.29) is 18.9 Å². The second-order valence-corrected chi connectivity index (χ2v) is 5.60. The van der Waals surface area contributed by atoms with Crippen LogP contribution in [0.1, 0.15) is 18.9 Å². The number of halogens is 2. The van der Waals surface area contributed by atoms with Crippen LogP contribution in [-0.4, -0.2) is 34.2 Å². The molecule has 0 aliphatic heterocycles. The van der Waals surface area contributed by atoms with E-state index in [0.717, 1.165) is 0 Å². The Morgan fingerprint density at radius 3 is 2.55 bits per heavy atom. The lowest BCUT2D eigenvalue weighted by atomic mass is 10.0. The van der Waals surface area contributed by atoms with Gasteiger partial charge in [0, 0.05) is 16.6 Å². The first-order valence-electron chi connectivity index (χ1n) is 5.84. The number of nitrogens with one attached hydrogen (secondary N) is 1. The van der Waals surface area contributed by atoms with Gasteiger partial charge in [-0.1, -0.05) is 29.3 Å². The van der Waals surface area contributed by atoms with Gasteiger partial charge in [0.2, 0.25) is 5.91 Å². The summed E-state index contributed by atoms with van der Waals surface area (Å²) >= 11 is 11.7. The fraction of sp³-hybridized carbons (Fsp3) is 0.385. The molecule has 0 aliphatic carbocycles. The molecule has 0 radical (unpaired) electrons. The van der Waals surface area contributed by atoms with E-state index in [4.69, 9.17) is 28.3 Å². The maximum Gasteiger partial charge on any atom is 0.306 e. The maximum atomic E-state index is 11.7. The molecule has 0 saturated heterocycles. The SMILES string of the molecule is CC(O)(CNC(=O)Cc1ccc(Cl)cc1Cl)CC(=O)O. The first-order valence-corrected chi connectivity index (χ1v) is 6.60. The Hall–Kier alpha value is -1.30. The molecule has 110 valence electrons. The number of rotatable bonds is 6. The molecule has 1 amide bonds. The number of benzene rings is 1. The molecule has 7 heteroatoms. The number of carbonyl (C=O) groups excluding carboxylic acids is 1. The summed E-state index contributed by atoms with van der Waals surface area (Å²) in [5, 5.41) is 21.7. The van der Waals surface area contributed by atoms with Gasteiger partial charge in [0.15, 0.2) is 0 Å². The van der Waals surface area contributed by atoms with Gasteiger partial charge in [-0.25, -0.2) is 0 Å². The first kappa shape index (κ1) is 16.8. The van der Waals surface area contributed by atoms with E-state index in [2.05, 4.69) is 5.32 Å². The number of hydrogen-bond donors (Lipinski definition) is 3. The van der Waals surface area contributed by atoms with Crippen molar-refractivity contribution in [2.45, 2.75) is 25.4 Å². The number of carbonyl (C=O) groups is 2. The van der Waals surface area contributed by atoms with Crippen LogP contribution in [0.4, 0.5) is 0 Å². The van der Waals surface area contributed by atoms with Gasteiger partial charge in [-0.05, 0) is 24.6 Å². The summed E-state index contributed by atoms with van der Waals surface area (Å²) in [7, 11) is 0. The highest BCUT2D eigenvalue weighted by Gasteiger charge is 2.24. The summed E-state index contributed by atoms with van der Waals surface area (Å²) < 4.78 is 0. The summed E-state index contributed by atoms with van der Waals surface area (Å²) in [6, 6.07) is 4.79. The molecule has 0 saturated carbocycles. The minimum Gasteiger partial charge on any atom is -0.481 e. The van der Waals surface area contributed by atoms with Crippen molar-refractivity contribution < 1.29 is 19.8 Å². The van der Waals surface area contributed by atoms with Gasteiger partial charge < -0.3 is 15.5 Å². The van der Waals surface area contributed by atoms with Crippen LogP contribution >= 0.6 is 23.2 Å². The van der Waals surface area contributed by atoms with Crippen LogP contribution < -0.4 is 5.32 Å². The average molecular weight is 320 g/mol. The fourth-order valence-corrected chi connectivity index (χ4v) is 2.05.